The van der Waals surface area contributed by atoms with Crippen LogP contribution in [0.3, 0.4) is 0 Å². The van der Waals surface area contributed by atoms with Crippen molar-refractivity contribution in [2.45, 2.75) is 6.92 Å². The van der Waals surface area contributed by atoms with E-state index in [0.29, 0.717) is 31.5 Å². The van der Waals surface area contributed by atoms with Gasteiger partial charge >= 0.3 is 0 Å². The van der Waals surface area contributed by atoms with Gasteiger partial charge in [-0.1, -0.05) is 11.6 Å². The van der Waals surface area contributed by atoms with Crippen LogP contribution in [-0.2, 0) is 0 Å². The molecule has 0 fully saturated rings. The predicted molar refractivity (Wildman–Crippen MR) is 105 cm³/mol. The van der Waals surface area contributed by atoms with Gasteiger partial charge in [-0.15, -0.1) is 22.7 Å². The maximum atomic E-state index is 12.6. The van der Waals surface area contributed by atoms with Crippen molar-refractivity contribution in [3.63, 3.8) is 0 Å². The number of hydrogen-bond acceptors (Lipinski definition) is 6. The second-order valence-corrected chi connectivity index (χ2v) is 8.17. The van der Waals surface area contributed by atoms with E-state index in [2.05, 4.69) is 20.3 Å². The lowest BCUT2D eigenvalue weighted by atomic mass is 10.2. The standard InChI is InChI=1S/C17H11ClN4O2S2/c1-8-14(26-17(21-8)12-4-5-13(18)25-12)16(24)22-9-2-3-11-10(6-9)15(23)20-7-19-11/h2-7H,1H3,(H,22,24)(H,19,20,23). The molecule has 4 aromatic rings. The molecule has 26 heavy (non-hydrogen) atoms. The van der Waals surface area contributed by atoms with E-state index in [-0.39, 0.29) is 11.5 Å². The summed E-state index contributed by atoms with van der Waals surface area (Å²) in [6, 6.07) is 8.70. The highest BCUT2D eigenvalue weighted by molar-refractivity contribution is 7.24. The van der Waals surface area contributed by atoms with Crippen molar-refractivity contribution < 1.29 is 4.79 Å². The van der Waals surface area contributed by atoms with Crippen molar-refractivity contribution in [3.05, 3.63) is 61.9 Å². The Morgan fingerprint density at radius 1 is 1.23 bits per heavy atom. The van der Waals surface area contributed by atoms with Gasteiger partial charge in [0, 0.05) is 5.69 Å². The van der Waals surface area contributed by atoms with Crippen molar-refractivity contribution >= 4 is 56.8 Å². The van der Waals surface area contributed by atoms with Gasteiger partial charge in [0.15, 0.2) is 0 Å². The highest BCUT2D eigenvalue weighted by atomic mass is 35.5. The molecule has 0 saturated carbocycles. The van der Waals surface area contributed by atoms with Crippen LogP contribution in [-0.4, -0.2) is 20.9 Å². The van der Waals surface area contributed by atoms with E-state index in [4.69, 9.17) is 11.6 Å². The van der Waals surface area contributed by atoms with Crippen LogP contribution in [0.1, 0.15) is 15.4 Å². The first-order valence-electron chi connectivity index (χ1n) is 7.53. The fourth-order valence-corrected chi connectivity index (χ4v) is 4.54. The Bertz CT molecular complexity index is 1190. The van der Waals surface area contributed by atoms with E-state index in [0.717, 1.165) is 9.88 Å². The molecule has 130 valence electrons. The molecular weight excluding hydrogens is 392 g/mol. The average Bonchev–Trinajstić information content (AvgIpc) is 3.21. The van der Waals surface area contributed by atoms with Crippen LogP contribution in [0, 0.1) is 6.92 Å². The number of thiazole rings is 1. The number of nitrogens with zero attached hydrogens (tertiary/aromatic N) is 2. The Morgan fingerprint density at radius 3 is 2.85 bits per heavy atom. The second-order valence-electron chi connectivity index (χ2n) is 5.46. The molecule has 0 radical (unpaired) electrons. The zero-order chi connectivity index (χ0) is 18.3. The summed E-state index contributed by atoms with van der Waals surface area (Å²) in [6.07, 6.45) is 1.35. The molecular formula is C17H11ClN4O2S2. The number of anilines is 1. The number of amides is 1. The molecule has 2 N–H and O–H groups in total. The van der Waals surface area contributed by atoms with E-state index in [1.54, 1.807) is 31.2 Å². The Hall–Kier alpha value is -2.55. The SMILES string of the molecule is Cc1nc(-c2ccc(Cl)s2)sc1C(=O)Nc1ccc2nc[nH]c(=O)c2c1. The molecule has 4 rings (SSSR count). The summed E-state index contributed by atoms with van der Waals surface area (Å²) in [4.78, 5) is 37.0. The number of fused-ring (bicyclic) bond motifs is 1. The van der Waals surface area contributed by atoms with Crippen LogP contribution < -0.4 is 10.9 Å². The molecule has 0 saturated heterocycles. The van der Waals surface area contributed by atoms with Gasteiger partial charge < -0.3 is 10.3 Å². The van der Waals surface area contributed by atoms with E-state index < -0.39 is 0 Å². The van der Waals surface area contributed by atoms with E-state index >= 15 is 0 Å². The third-order valence-electron chi connectivity index (χ3n) is 3.69. The van der Waals surface area contributed by atoms with Gasteiger partial charge in [-0.05, 0) is 37.3 Å². The number of rotatable bonds is 3. The fourth-order valence-electron chi connectivity index (χ4n) is 2.48. The number of carbonyl (C=O) groups is 1. The molecule has 1 aromatic carbocycles. The van der Waals surface area contributed by atoms with Crippen LogP contribution in [0.5, 0.6) is 0 Å². The molecule has 3 aromatic heterocycles. The highest BCUT2D eigenvalue weighted by Gasteiger charge is 2.17. The van der Waals surface area contributed by atoms with Crippen molar-refractivity contribution in [1.82, 2.24) is 15.0 Å². The minimum Gasteiger partial charge on any atom is -0.321 e. The number of carbonyl (C=O) groups excluding carboxylic acids is 1. The lowest BCUT2D eigenvalue weighted by Gasteiger charge is -2.05. The van der Waals surface area contributed by atoms with Gasteiger partial charge in [0.2, 0.25) is 0 Å². The molecule has 0 aliphatic heterocycles. The minimum atomic E-state index is -0.270. The van der Waals surface area contributed by atoms with Crippen LogP contribution in [0.2, 0.25) is 4.34 Å². The van der Waals surface area contributed by atoms with Crippen LogP contribution in [0.4, 0.5) is 5.69 Å². The Kier molecular flexibility index (Phi) is 4.31. The minimum absolute atomic E-state index is 0.253. The Labute approximate surface area is 160 Å². The quantitative estimate of drug-likeness (QED) is 0.534. The van der Waals surface area contributed by atoms with Crippen LogP contribution >= 0.6 is 34.3 Å². The number of benzene rings is 1. The molecule has 0 aliphatic carbocycles. The molecule has 0 aliphatic rings. The summed E-state index contributed by atoms with van der Waals surface area (Å²) < 4.78 is 0.675. The van der Waals surface area contributed by atoms with Crippen LogP contribution in [0.15, 0.2) is 41.5 Å². The van der Waals surface area contributed by atoms with Gasteiger partial charge in [0.1, 0.15) is 9.88 Å². The zero-order valence-electron chi connectivity index (χ0n) is 13.4. The summed E-state index contributed by atoms with van der Waals surface area (Å²) in [7, 11) is 0. The smallest absolute Gasteiger partial charge is 0.267 e. The number of aromatic amines is 1. The lowest BCUT2D eigenvalue weighted by Crippen LogP contribution is -2.12. The number of H-pyrrole nitrogens is 1. The highest BCUT2D eigenvalue weighted by Crippen LogP contribution is 2.35. The first-order chi connectivity index (χ1) is 12.5. The Morgan fingerprint density at radius 2 is 2.08 bits per heavy atom. The first-order valence-corrected chi connectivity index (χ1v) is 9.54. The number of thiophene rings is 1. The molecule has 3 heterocycles. The number of aryl methyl sites for hydroxylation is 1. The normalized spacial score (nSPS) is 11.0. The summed E-state index contributed by atoms with van der Waals surface area (Å²) in [5, 5.41) is 3.99. The molecule has 1 amide bonds. The number of halogens is 1. The maximum Gasteiger partial charge on any atom is 0.267 e. The van der Waals surface area contributed by atoms with Crippen molar-refractivity contribution in [2.75, 3.05) is 5.32 Å². The largest absolute Gasteiger partial charge is 0.321 e. The Balaban J connectivity index is 1.63. The maximum absolute atomic E-state index is 12.6. The van der Waals surface area contributed by atoms with Crippen molar-refractivity contribution in [2.24, 2.45) is 0 Å². The topological polar surface area (TPSA) is 87.7 Å². The molecule has 9 heteroatoms. The third kappa shape index (κ3) is 3.14. The van der Waals surface area contributed by atoms with E-state index in [1.807, 2.05) is 6.07 Å². The molecule has 0 unspecified atom stereocenters. The second kappa shape index (κ2) is 6.64. The zero-order valence-corrected chi connectivity index (χ0v) is 15.8. The summed E-state index contributed by atoms with van der Waals surface area (Å²) in [5.74, 6) is -0.270. The number of hydrogen-bond donors (Lipinski definition) is 2. The van der Waals surface area contributed by atoms with E-state index in [1.165, 1.54) is 29.0 Å². The van der Waals surface area contributed by atoms with Gasteiger partial charge in [-0.3, -0.25) is 9.59 Å². The molecule has 6 nitrogen and oxygen atoms in total. The summed E-state index contributed by atoms with van der Waals surface area (Å²) in [6.45, 7) is 1.79. The molecule has 0 spiro atoms. The third-order valence-corrected chi connectivity index (χ3v) is 6.24. The fraction of sp³-hybridized carbons (Fsp3) is 0.0588. The number of nitrogens with one attached hydrogen (secondary N) is 2. The molecule has 0 atom stereocenters. The van der Waals surface area contributed by atoms with Gasteiger partial charge in [0.05, 0.1) is 32.1 Å². The van der Waals surface area contributed by atoms with Crippen molar-refractivity contribution in [3.8, 4) is 9.88 Å². The predicted octanol–water partition coefficient (Wildman–Crippen LogP) is 4.32. The average molecular weight is 403 g/mol. The lowest BCUT2D eigenvalue weighted by molar-refractivity contribution is 0.103. The van der Waals surface area contributed by atoms with Crippen LogP contribution in [0.25, 0.3) is 20.8 Å². The van der Waals surface area contributed by atoms with Crippen molar-refractivity contribution in [1.29, 1.82) is 0 Å². The summed E-state index contributed by atoms with van der Waals surface area (Å²) >= 11 is 8.70. The van der Waals surface area contributed by atoms with Gasteiger partial charge in [-0.25, -0.2) is 9.97 Å². The number of aromatic nitrogens is 3. The summed E-state index contributed by atoms with van der Waals surface area (Å²) in [5.41, 5.74) is 1.48. The monoisotopic (exact) mass is 402 g/mol. The first kappa shape index (κ1) is 16.9. The molecule has 0 bridgehead atoms. The van der Waals surface area contributed by atoms with Gasteiger partial charge in [0.25, 0.3) is 11.5 Å². The van der Waals surface area contributed by atoms with E-state index in [9.17, 15) is 9.59 Å². The van der Waals surface area contributed by atoms with Gasteiger partial charge in [-0.2, -0.15) is 0 Å².